The lowest BCUT2D eigenvalue weighted by atomic mass is 10.2. The van der Waals surface area contributed by atoms with Crippen molar-refractivity contribution in [1.29, 1.82) is 5.26 Å². The monoisotopic (exact) mass is 318 g/mol. The lowest BCUT2D eigenvalue weighted by molar-refractivity contribution is 1.43. The summed E-state index contributed by atoms with van der Waals surface area (Å²) in [6.07, 6.45) is 2.05. The fourth-order valence-electron chi connectivity index (χ4n) is 1.57. The average Bonchev–Trinajstić information content (AvgIpc) is 2.39. The summed E-state index contributed by atoms with van der Waals surface area (Å²) >= 11 is 5.11. The van der Waals surface area contributed by atoms with Gasteiger partial charge in [-0.2, -0.15) is 5.26 Å². The van der Waals surface area contributed by atoms with Crippen LogP contribution >= 0.6 is 27.7 Å². The van der Waals surface area contributed by atoms with E-state index in [0.717, 1.165) is 15.8 Å². The maximum absolute atomic E-state index is 8.92. The summed E-state index contributed by atoms with van der Waals surface area (Å²) in [6.45, 7) is 0. The molecule has 0 radical (unpaired) electrons. The van der Waals surface area contributed by atoms with Crippen molar-refractivity contribution in [2.45, 2.75) is 4.90 Å². The van der Waals surface area contributed by atoms with Crippen LogP contribution in [-0.4, -0.2) is 6.26 Å². The number of hydrogen-bond acceptors (Lipinski definition) is 3. The second kappa shape index (κ2) is 5.94. The fraction of sp³-hybridized carbons (Fsp3) is 0.0714. The average molecular weight is 319 g/mol. The minimum absolute atomic E-state index is 0.632. The number of nitrogens with zero attached hydrogens (tertiary/aromatic N) is 1. The quantitative estimate of drug-likeness (QED) is 0.827. The molecule has 0 heterocycles. The molecule has 0 aliphatic carbocycles. The minimum atomic E-state index is 0.632. The van der Waals surface area contributed by atoms with E-state index in [0.29, 0.717) is 5.56 Å². The molecule has 2 aromatic rings. The molecule has 90 valence electrons. The van der Waals surface area contributed by atoms with Crippen molar-refractivity contribution in [2.24, 2.45) is 0 Å². The number of anilines is 2. The van der Waals surface area contributed by atoms with E-state index in [1.165, 1.54) is 4.90 Å². The third-order valence-corrected chi connectivity index (χ3v) is 3.61. The van der Waals surface area contributed by atoms with Crippen molar-refractivity contribution in [2.75, 3.05) is 11.6 Å². The Labute approximate surface area is 119 Å². The molecule has 0 unspecified atom stereocenters. The topological polar surface area (TPSA) is 35.8 Å². The Morgan fingerprint density at radius 2 is 1.83 bits per heavy atom. The largest absolute Gasteiger partial charge is 0.355 e. The molecule has 2 aromatic carbocycles. The zero-order chi connectivity index (χ0) is 13.0. The third kappa shape index (κ3) is 3.28. The lowest BCUT2D eigenvalue weighted by Crippen LogP contribution is -1.91. The van der Waals surface area contributed by atoms with E-state index in [-0.39, 0.29) is 0 Å². The van der Waals surface area contributed by atoms with E-state index in [4.69, 9.17) is 5.26 Å². The van der Waals surface area contributed by atoms with Crippen molar-refractivity contribution in [3.05, 3.63) is 52.5 Å². The molecule has 0 saturated carbocycles. The Morgan fingerprint density at radius 3 is 2.44 bits per heavy atom. The number of thioether (sulfide) groups is 1. The van der Waals surface area contributed by atoms with E-state index in [1.807, 2.05) is 24.3 Å². The van der Waals surface area contributed by atoms with Crippen LogP contribution in [0, 0.1) is 11.3 Å². The van der Waals surface area contributed by atoms with Crippen molar-refractivity contribution < 1.29 is 0 Å². The van der Waals surface area contributed by atoms with Gasteiger partial charge >= 0.3 is 0 Å². The van der Waals surface area contributed by atoms with Crippen LogP contribution in [0.1, 0.15) is 5.56 Å². The molecule has 0 amide bonds. The molecule has 0 spiro atoms. The number of nitriles is 1. The number of nitrogens with one attached hydrogen (secondary N) is 1. The van der Waals surface area contributed by atoms with E-state index < -0.39 is 0 Å². The van der Waals surface area contributed by atoms with Gasteiger partial charge in [0.2, 0.25) is 0 Å². The van der Waals surface area contributed by atoms with Crippen LogP contribution in [-0.2, 0) is 0 Å². The summed E-state index contributed by atoms with van der Waals surface area (Å²) in [5.41, 5.74) is 2.54. The van der Waals surface area contributed by atoms with Crippen LogP contribution in [0.5, 0.6) is 0 Å². The van der Waals surface area contributed by atoms with Gasteiger partial charge in [0.15, 0.2) is 0 Å². The van der Waals surface area contributed by atoms with Gasteiger partial charge in [0, 0.05) is 20.7 Å². The molecule has 0 aromatic heterocycles. The van der Waals surface area contributed by atoms with Crippen molar-refractivity contribution >= 4 is 39.1 Å². The maximum atomic E-state index is 8.92. The van der Waals surface area contributed by atoms with Crippen LogP contribution in [0.25, 0.3) is 0 Å². The van der Waals surface area contributed by atoms with Crippen LogP contribution < -0.4 is 5.32 Å². The molecule has 0 atom stereocenters. The van der Waals surface area contributed by atoms with Gasteiger partial charge in [-0.1, -0.05) is 15.9 Å². The molecule has 2 rings (SSSR count). The second-order valence-electron chi connectivity index (χ2n) is 3.69. The molecular weight excluding hydrogens is 308 g/mol. The Balaban J connectivity index is 2.22. The first-order valence-corrected chi connectivity index (χ1v) is 7.35. The second-order valence-corrected chi connectivity index (χ2v) is 5.49. The van der Waals surface area contributed by atoms with Gasteiger partial charge in [-0.3, -0.25) is 0 Å². The van der Waals surface area contributed by atoms with Crippen molar-refractivity contribution in [3.8, 4) is 6.07 Å². The van der Waals surface area contributed by atoms with Gasteiger partial charge < -0.3 is 5.32 Å². The molecule has 18 heavy (non-hydrogen) atoms. The van der Waals surface area contributed by atoms with Gasteiger partial charge in [-0.15, -0.1) is 11.8 Å². The van der Waals surface area contributed by atoms with Gasteiger partial charge in [-0.25, -0.2) is 0 Å². The van der Waals surface area contributed by atoms with Crippen LogP contribution in [0.3, 0.4) is 0 Å². The predicted molar refractivity (Wildman–Crippen MR) is 80.4 cm³/mol. The first-order chi connectivity index (χ1) is 8.71. The maximum Gasteiger partial charge on any atom is 0.0992 e. The minimum Gasteiger partial charge on any atom is -0.355 e. The van der Waals surface area contributed by atoms with Crippen LogP contribution in [0.15, 0.2) is 51.8 Å². The molecule has 0 saturated heterocycles. The Hall–Kier alpha value is -1.44. The normalized spacial score (nSPS) is 9.83. The van der Waals surface area contributed by atoms with E-state index in [9.17, 15) is 0 Å². The van der Waals surface area contributed by atoms with Crippen LogP contribution in [0.2, 0.25) is 0 Å². The predicted octanol–water partition coefficient (Wildman–Crippen LogP) is 4.79. The highest BCUT2D eigenvalue weighted by molar-refractivity contribution is 9.10. The first kappa shape index (κ1) is 13.0. The van der Waals surface area contributed by atoms with E-state index in [1.54, 1.807) is 17.8 Å². The molecule has 1 N–H and O–H groups in total. The highest BCUT2D eigenvalue weighted by atomic mass is 79.9. The van der Waals surface area contributed by atoms with Gasteiger partial charge in [0.05, 0.1) is 11.6 Å². The van der Waals surface area contributed by atoms with E-state index in [2.05, 4.69) is 45.7 Å². The Kier molecular flexibility index (Phi) is 4.29. The Bertz CT molecular complexity index is 588. The van der Waals surface area contributed by atoms with E-state index >= 15 is 0 Å². The van der Waals surface area contributed by atoms with Crippen LogP contribution in [0.4, 0.5) is 11.4 Å². The summed E-state index contributed by atoms with van der Waals surface area (Å²) in [6, 6.07) is 15.9. The summed E-state index contributed by atoms with van der Waals surface area (Å²) in [7, 11) is 0. The van der Waals surface area contributed by atoms with Crippen molar-refractivity contribution in [3.63, 3.8) is 0 Å². The molecule has 0 aliphatic rings. The zero-order valence-corrected chi connectivity index (χ0v) is 12.2. The Morgan fingerprint density at radius 1 is 1.11 bits per heavy atom. The molecular formula is C14H11BrN2S. The molecule has 0 aliphatic heterocycles. The van der Waals surface area contributed by atoms with Gasteiger partial charge in [-0.05, 0) is 48.7 Å². The van der Waals surface area contributed by atoms with Gasteiger partial charge in [0.25, 0.3) is 0 Å². The molecule has 2 nitrogen and oxygen atoms in total. The number of rotatable bonds is 3. The SMILES string of the molecule is CSc1ccc(Nc2cc(Br)cc(C#N)c2)cc1. The smallest absolute Gasteiger partial charge is 0.0992 e. The summed E-state index contributed by atoms with van der Waals surface area (Å²) in [5.74, 6) is 0. The molecule has 4 heteroatoms. The highest BCUT2D eigenvalue weighted by Gasteiger charge is 2.00. The summed E-state index contributed by atoms with van der Waals surface area (Å²) < 4.78 is 0.893. The molecule has 0 bridgehead atoms. The number of halogens is 1. The standard InChI is InChI=1S/C14H11BrN2S/c1-18-14-4-2-12(3-5-14)17-13-7-10(9-16)6-11(15)8-13/h2-8,17H,1H3. The number of benzene rings is 2. The lowest BCUT2D eigenvalue weighted by Gasteiger charge is -2.08. The highest BCUT2D eigenvalue weighted by Crippen LogP contribution is 2.24. The zero-order valence-electron chi connectivity index (χ0n) is 9.77. The summed E-state index contributed by atoms with van der Waals surface area (Å²) in [4.78, 5) is 1.23. The van der Waals surface area contributed by atoms with Gasteiger partial charge in [0.1, 0.15) is 0 Å². The summed E-state index contributed by atoms with van der Waals surface area (Å²) in [5, 5.41) is 12.2. The first-order valence-electron chi connectivity index (χ1n) is 5.33. The number of hydrogen-bond donors (Lipinski definition) is 1. The fourth-order valence-corrected chi connectivity index (χ4v) is 2.47. The molecule has 0 fully saturated rings. The van der Waals surface area contributed by atoms with Crippen molar-refractivity contribution in [1.82, 2.24) is 0 Å². The third-order valence-electron chi connectivity index (χ3n) is 2.41.